The van der Waals surface area contributed by atoms with Gasteiger partial charge in [0, 0.05) is 0 Å². The fourth-order valence-corrected chi connectivity index (χ4v) is 1.87. The topological polar surface area (TPSA) is 29.5 Å². The normalized spacial score (nSPS) is 12.7. The lowest BCUT2D eigenvalue weighted by atomic mass is 10.0. The summed E-state index contributed by atoms with van der Waals surface area (Å²) in [5.41, 5.74) is 1.16. The minimum Gasteiger partial charge on any atom is -0.497 e. The van der Waals surface area contributed by atoms with Gasteiger partial charge >= 0.3 is 0 Å². The van der Waals surface area contributed by atoms with Gasteiger partial charge in [0.25, 0.3) is 0 Å². The van der Waals surface area contributed by atoms with Crippen molar-refractivity contribution < 1.29 is 9.84 Å². The van der Waals surface area contributed by atoms with Gasteiger partial charge in [-0.2, -0.15) is 0 Å². The molecule has 1 unspecified atom stereocenters. The lowest BCUT2D eigenvalue weighted by Crippen LogP contribution is -2.03. The molecule has 0 aliphatic rings. The second-order valence-electron chi connectivity index (χ2n) is 4.10. The molecule has 0 saturated carbocycles. The summed E-state index contributed by atoms with van der Waals surface area (Å²) < 4.78 is 5.18. The van der Waals surface area contributed by atoms with Crippen molar-refractivity contribution in [2.75, 3.05) is 7.11 Å². The number of hydrogen-bond donors (Lipinski definition) is 1. The van der Waals surface area contributed by atoms with Gasteiger partial charge in [-0.3, -0.25) is 0 Å². The first-order valence-corrected chi connectivity index (χ1v) is 5.44. The second-order valence-corrected chi connectivity index (χ2v) is 4.10. The van der Waals surface area contributed by atoms with Gasteiger partial charge in [0.15, 0.2) is 0 Å². The van der Waals surface area contributed by atoms with Crippen molar-refractivity contribution in [3.63, 3.8) is 0 Å². The third-order valence-corrected chi connectivity index (χ3v) is 2.64. The van der Waals surface area contributed by atoms with Crippen molar-refractivity contribution in [1.29, 1.82) is 0 Å². The third kappa shape index (κ3) is 2.34. The quantitative estimate of drug-likeness (QED) is 0.854. The molecule has 1 atom stereocenters. The van der Waals surface area contributed by atoms with E-state index in [1.54, 1.807) is 14.0 Å². The zero-order valence-corrected chi connectivity index (χ0v) is 9.60. The van der Waals surface area contributed by atoms with Crippen molar-refractivity contribution in [1.82, 2.24) is 0 Å². The highest BCUT2D eigenvalue weighted by molar-refractivity contribution is 5.84. The average Bonchev–Trinajstić information content (AvgIpc) is 2.27. The monoisotopic (exact) mass is 216 g/mol. The Hall–Kier alpha value is -1.54. The molecule has 0 aliphatic heterocycles. The molecular weight excluding hydrogens is 200 g/mol. The summed E-state index contributed by atoms with van der Waals surface area (Å²) in [5.74, 6) is 0.871. The van der Waals surface area contributed by atoms with Crippen molar-refractivity contribution in [3.05, 3.63) is 42.0 Å². The summed E-state index contributed by atoms with van der Waals surface area (Å²) in [6.07, 6.45) is 0.401. The Morgan fingerprint density at radius 3 is 2.50 bits per heavy atom. The van der Waals surface area contributed by atoms with Gasteiger partial charge in [0.1, 0.15) is 5.75 Å². The maximum Gasteiger partial charge on any atom is 0.119 e. The maximum absolute atomic E-state index is 9.34. The van der Waals surface area contributed by atoms with E-state index >= 15 is 0 Å². The number of hydrogen-bond acceptors (Lipinski definition) is 2. The van der Waals surface area contributed by atoms with Crippen LogP contribution in [0, 0.1) is 0 Å². The van der Waals surface area contributed by atoms with Crippen LogP contribution in [0.25, 0.3) is 10.8 Å². The molecular formula is C14H16O2. The van der Waals surface area contributed by atoms with Gasteiger partial charge in [-0.05, 0) is 41.8 Å². The Bertz CT molecular complexity index is 489. The number of aliphatic hydroxyl groups excluding tert-OH is 1. The molecule has 2 aromatic carbocycles. The molecule has 0 aromatic heterocycles. The van der Waals surface area contributed by atoms with E-state index in [2.05, 4.69) is 18.2 Å². The molecule has 0 radical (unpaired) electrons. The number of methoxy groups -OCH3 is 1. The standard InChI is InChI=1S/C14H16O2/c1-10(15)7-11-3-4-13-9-14(16-2)6-5-12(13)8-11/h3-6,8-10,15H,7H2,1-2H3. The molecule has 0 aliphatic carbocycles. The van der Waals surface area contributed by atoms with Crippen molar-refractivity contribution in [2.45, 2.75) is 19.4 Å². The first-order chi connectivity index (χ1) is 7.69. The molecule has 0 spiro atoms. The van der Waals surface area contributed by atoms with Crippen molar-refractivity contribution >= 4 is 10.8 Å². The lowest BCUT2D eigenvalue weighted by Gasteiger charge is -2.07. The Morgan fingerprint density at radius 1 is 1.12 bits per heavy atom. The third-order valence-electron chi connectivity index (χ3n) is 2.64. The number of fused-ring (bicyclic) bond motifs is 1. The van der Waals surface area contributed by atoms with Gasteiger partial charge in [-0.15, -0.1) is 0 Å². The Balaban J connectivity index is 2.39. The minimum absolute atomic E-state index is 0.296. The molecule has 1 N–H and O–H groups in total. The smallest absolute Gasteiger partial charge is 0.119 e. The molecule has 2 aromatic rings. The SMILES string of the molecule is COc1ccc2cc(CC(C)O)ccc2c1. The van der Waals surface area contributed by atoms with Crippen LogP contribution < -0.4 is 4.74 Å². The van der Waals surface area contributed by atoms with Crippen LogP contribution in [0.1, 0.15) is 12.5 Å². The maximum atomic E-state index is 9.34. The first-order valence-electron chi connectivity index (χ1n) is 5.44. The molecule has 2 rings (SSSR count). The summed E-state index contributed by atoms with van der Waals surface area (Å²) in [4.78, 5) is 0. The molecule has 0 amide bonds. The number of ether oxygens (including phenoxy) is 1. The zero-order chi connectivity index (χ0) is 11.5. The van der Waals surface area contributed by atoms with Crippen molar-refractivity contribution in [2.24, 2.45) is 0 Å². The van der Waals surface area contributed by atoms with Crippen LogP contribution in [0.4, 0.5) is 0 Å². The fraction of sp³-hybridized carbons (Fsp3) is 0.286. The van der Waals surface area contributed by atoms with E-state index in [9.17, 15) is 5.11 Å². The summed E-state index contributed by atoms with van der Waals surface area (Å²) in [6, 6.07) is 12.2. The second kappa shape index (κ2) is 4.54. The summed E-state index contributed by atoms with van der Waals surface area (Å²) in [6.45, 7) is 1.80. The van der Waals surface area contributed by atoms with Crippen LogP contribution in [-0.4, -0.2) is 18.3 Å². The van der Waals surface area contributed by atoms with Gasteiger partial charge in [-0.1, -0.05) is 24.3 Å². The van der Waals surface area contributed by atoms with Gasteiger partial charge in [0.2, 0.25) is 0 Å². The van der Waals surface area contributed by atoms with Crippen LogP contribution in [0.3, 0.4) is 0 Å². The average molecular weight is 216 g/mol. The van der Waals surface area contributed by atoms with Crippen molar-refractivity contribution in [3.8, 4) is 5.75 Å². The molecule has 0 heterocycles. The van der Waals surface area contributed by atoms with Crippen LogP contribution in [0.2, 0.25) is 0 Å². The van der Waals surface area contributed by atoms with Gasteiger partial charge in [0.05, 0.1) is 13.2 Å². The summed E-state index contributed by atoms with van der Waals surface area (Å²) >= 11 is 0. The predicted molar refractivity (Wildman–Crippen MR) is 65.9 cm³/mol. The summed E-state index contributed by atoms with van der Waals surface area (Å²) in [7, 11) is 1.67. The van der Waals surface area contributed by atoms with Crippen LogP contribution in [0.15, 0.2) is 36.4 Å². The van der Waals surface area contributed by atoms with E-state index in [4.69, 9.17) is 4.74 Å². The Morgan fingerprint density at radius 2 is 1.81 bits per heavy atom. The van der Waals surface area contributed by atoms with E-state index in [0.29, 0.717) is 6.42 Å². The lowest BCUT2D eigenvalue weighted by molar-refractivity contribution is 0.195. The number of benzene rings is 2. The van der Waals surface area contributed by atoms with E-state index in [1.807, 2.05) is 18.2 Å². The largest absolute Gasteiger partial charge is 0.497 e. The predicted octanol–water partition coefficient (Wildman–Crippen LogP) is 2.77. The van der Waals surface area contributed by atoms with E-state index in [1.165, 1.54) is 5.39 Å². The van der Waals surface area contributed by atoms with Crippen LogP contribution >= 0.6 is 0 Å². The zero-order valence-electron chi connectivity index (χ0n) is 9.60. The first kappa shape index (κ1) is 11.0. The van der Waals surface area contributed by atoms with E-state index in [-0.39, 0.29) is 6.10 Å². The number of rotatable bonds is 3. The molecule has 0 bridgehead atoms. The highest BCUT2D eigenvalue weighted by Gasteiger charge is 2.01. The van der Waals surface area contributed by atoms with E-state index in [0.717, 1.165) is 16.7 Å². The van der Waals surface area contributed by atoms with E-state index < -0.39 is 0 Å². The van der Waals surface area contributed by atoms with Crippen LogP contribution in [-0.2, 0) is 6.42 Å². The molecule has 2 nitrogen and oxygen atoms in total. The van der Waals surface area contributed by atoms with Gasteiger partial charge in [-0.25, -0.2) is 0 Å². The molecule has 0 saturated heterocycles. The number of aliphatic hydroxyl groups is 1. The van der Waals surface area contributed by atoms with Gasteiger partial charge < -0.3 is 9.84 Å². The minimum atomic E-state index is -0.296. The Labute approximate surface area is 95.5 Å². The molecule has 16 heavy (non-hydrogen) atoms. The molecule has 2 heteroatoms. The highest BCUT2D eigenvalue weighted by atomic mass is 16.5. The molecule has 84 valence electrons. The fourth-order valence-electron chi connectivity index (χ4n) is 1.87. The molecule has 0 fully saturated rings. The Kier molecular flexibility index (Phi) is 3.11. The highest BCUT2D eigenvalue weighted by Crippen LogP contribution is 2.22. The summed E-state index contributed by atoms with van der Waals surface area (Å²) in [5, 5.41) is 11.7. The van der Waals surface area contributed by atoms with Crippen LogP contribution in [0.5, 0.6) is 5.75 Å².